The second kappa shape index (κ2) is 10.6. The Morgan fingerprint density at radius 3 is 2.54 bits per heavy atom. The smallest absolute Gasteiger partial charge is 0.225 e. The van der Waals surface area contributed by atoms with E-state index in [2.05, 4.69) is 15.5 Å². The Bertz CT molecular complexity index is 590. The van der Waals surface area contributed by atoms with Crippen LogP contribution in [-0.2, 0) is 4.79 Å². The number of hydrogen-bond donors (Lipinski definition) is 2. The van der Waals surface area contributed by atoms with Crippen molar-refractivity contribution in [2.45, 2.75) is 25.7 Å². The van der Waals surface area contributed by atoms with E-state index in [1.54, 1.807) is 26.4 Å². The molecule has 0 radical (unpaired) electrons. The number of likely N-dealkylation sites (tertiary alicyclic amines) is 1. The number of nitrogens with zero attached hydrogens (tertiary/aromatic N) is 1. The van der Waals surface area contributed by atoms with Crippen LogP contribution in [0.1, 0.15) is 25.7 Å². The number of hydrogen-bond acceptors (Lipinski definition) is 5. The van der Waals surface area contributed by atoms with Crippen LogP contribution in [0, 0.1) is 5.92 Å². The van der Waals surface area contributed by atoms with Crippen LogP contribution in [0.15, 0.2) is 12.1 Å². The number of nitrogens with one attached hydrogen (secondary N) is 2. The molecule has 0 spiro atoms. The Labute approximate surface area is 161 Å². The van der Waals surface area contributed by atoms with Gasteiger partial charge in [0.25, 0.3) is 0 Å². The molecule has 26 heavy (non-hydrogen) atoms. The number of benzene rings is 1. The molecule has 1 aromatic carbocycles. The maximum atomic E-state index is 12.3. The summed E-state index contributed by atoms with van der Waals surface area (Å²) in [5, 5.41) is 6.57. The molecule has 0 atom stereocenters. The van der Waals surface area contributed by atoms with E-state index in [4.69, 9.17) is 21.1 Å². The second-order valence-electron chi connectivity index (χ2n) is 6.66. The first-order valence-electron chi connectivity index (χ1n) is 9.15. The summed E-state index contributed by atoms with van der Waals surface area (Å²) in [6.07, 6.45) is 4.12. The maximum absolute atomic E-state index is 12.3. The van der Waals surface area contributed by atoms with Crippen molar-refractivity contribution in [3.05, 3.63) is 17.2 Å². The van der Waals surface area contributed by atoms with E-state index < -0.39 is 0 Å². The lowest BCUT2D eigenvalue weighted by Gasteiger charge is -2.31. The average Bonchev–Trinajstić information content (AvgIpc) is 2.66. The second-order valence-corrected chi connectivity index (χ2v) is 7.07. The van der Waals surface area contributed by atoms with Crippen molar-refractivity contribution in [2.24, 2.45) is 5.92 Å². The zero-order valence-electron chi connectivity index (χ0n) is 15.9. The quantitative estimate of drug-likeness (QED) is 0.686. The predicted octanol–water partition coefficient (Wildman–Crippen LogP) is 3.01. The number of amides is 1. The number of carbonyl (C=O) groups is 1. The lowest BCUT2D eigenvalue weighted by molar-refractivity contribution is -0.116. The number of rotatable bonds is 9. The molecule has 146 valence electrons. The first-order valence-corrected chi connectivity index (χ1v) is 9.53. The van der Waals surface area contributed by atoms with Crippen molar-refractivity contribution in [3.8, 4) is 11.5 Å². The van der Waals surface area contributed by atoms with E-state index in [0.717, 1.165) is 32.1 Å². The van der Waals surface area contributed by atoms with Gasteiger partial charge in [0.2, 0.25) is 5.91 Å². The van der Waals surface area contributed by atoms with Gasteiger partial charge in [0.15, 0.2) is 0 Å². The van der Waals surface area contributed by atoms with Crippen LogP contribution >= 0.6 is 11.6 Å². The van der Waals surface area contributed by atoms with Crippen molar-refractivity contribution in [3.63, 3.8) is 0 Å². The van der Waals surface area contributed by atoms with Crippen LogP contribution in [0.2, 0.25) is 5.02 Å². The molecule has 0 aromatic heterocycles. The summed E-state index contributed by atoms with van der Waals surface area (Å²) in [5.74, 6) is 1.80. The highest BCUT2D eigenvalue weighted by molar-refractivity contribution is 6.32. The topological polar surface area (TPSA) is 62.8 Å². The highest BCUT2D eigenvalue weighted by Crippen LogP contribution is 2.35. The third-order valence-electron chi connectivity index (χ3n) is 4.91. The predicted molar refractivity (Wildman–Crippen MR) is 106 cm³/mol. The first-order chi connectivity index (χ1) is 12.6. The third kappa shape index (κ3) is 6.04. The Morgan fingerprint density at radius 2 is 1.92 bits per heavy atom. The van der Waals surface area contributed by atoms with Gasteiger partial charge in [0.1, 0.15) is 11.5 Å². The molecule has 1 saturated heterocycles. The van der Waals surface area contributed by atoms with E-state index in [9.17, 15) is 4.79 Å². The van der Waals surface area contributed by atoms with Gasteiger partial charge < -0.3 is 25.0 Å². The number of piperidine rings is 1. The molecule has 1 aliphatic rings. The Morgan fingerprint density at radius 1 is 1.23 bits per heavy atom. The minimum Gasteiger partial charge on any atom is -0.495 e. The first kappa shape index (κ1) is 20.8. The maximum Gasteiger partial charge on any atom is 0.225 e. The molecule has 0 aliphatic carbocycles. The van der Waals surface area contributed by atoms with E-state index in [-0.39, 0.29) is 5.91 Å². The monoisotopic (exact) mass is 383 g/mol. The van der Waals surface area contributed by atoms with Crippen LogP contribution in [0.25, 0.3) is 0 Å². The molecule has 0 bridgehead atoms. The summed E-state index contributed by atoms with van der Waals surface area (Å²) in [6, 6.07) is 3.33. The van der Waals surface area contributed by atoms with Crippen molar-refractivity contribution in [1.82, 2.24) is 10.2 Å². The number of anilines is 1. The number of ether oxygens (including phenoxy) is 2. The molecule has 7 heteroatoms. The molecule has 1 fully saturated rings. The van der Waals surface area contributed by atoms with Crippen molar-refractivity contribution in [1.29, 1.82) is 0 Å². The number of halogens is 1. The molecule has 1 aliphatic heterocycles. The molecule has 1 heterocycles. The molecule has 2 rings (SSSR count). The molecule has 1 amide bonds. The van der Waals surface area contributed by atoms with E-state index in [1.165, 1.54) is 19.3 Å². The van der Waals surface area contributed by atoms with Gasteiger partial charge in [-0.05, 0) is 51.9 Å². The summed E-state index contributed by atoms with van der Waals surface area (Å²) in [6.45, 7) is 4.00. The Balaban J connectivity index is 1.81. The summed E-state index contributed by atoms with van der Waals surface area (Å²) in [7, 11) is 5.09. The molecular weight excluding hydrogens is 354 g/mol. The van der Waals surface area contributed by atoms with Crippen LogP contribution in [0.4, 0.5) is 5.69 Å². The van der Waals surface area contributed by atoms with Gasteiger partial charge in [-0.15, -0.1) is 0 Å². The lowest BCUT2D eigenvalue weighted by atomic mass is 9.93. The van der Waals surface area contributed by atoms with Crippen LogP contribution in [0.5, 0.6) is 11.5 Å². The summed E-state index contributed by atoms with van der Waals surface area (Å²) < 4.78 is 10.5. The zero-order valence-corrected chi connectivity index (χ0v) is 16.7. The summed E-state index contributed by atoms with van der Waals surface area (Å²) in [4.78, 5) is 14.7. The molecule has 0 saturated carbocycles. The third-order valence-corrected chi connectivity index (χ3v) is 5.21. The van der Waals surface area contributed by atoms with Gasteiger partial charge in [-0.25, -0.2) is 0 Å². The van der Waals surface area contributed by atoms with Gasteiger partial charge >= 0.3 is 0 Å². The van der Waals surface area contributed by atoms with E-state index in [1.807, 2.05) is 7.05 Å². The fraction of sp³-hybridized carbons (Fsp3) is 0.632. The van der Waals surface area contributed by atoms with Crippen LogP contribution in [-0.4, -0.2) is 58.3 Å². The minimum atomic E-state index is -0.0371. The standard InChI is InChI=1S/C19H30ClN3O3/c1-21-8-4-14-5-9-23(10-6-14)11-7-19(24)22-16-13-17(25-2)15(20)12-18(16)26-3/h12-14,21H,4-11H2,1-3H3,(H,22,24). The fourth-order valence-corrected chi connectivity index (χ4v) is 3.51. The minimum absolute atomic E-state index is 0.0371. The molecular formula is C19H30ClN3O3. The molecule has 0 unspecified atom stereocenters. The molecule has 1 aromatic rings. The van der Waals surface area contributed by atoms with Crippen molar-refractivity contribution in [2.75, 3.05) is 52.8 Å². The Kier molecular flexibility index (Phi) is 8.48. The zero-order chi connectivity index (χ0) is 18.9. The average molecular weight is 384 g/mol. The number of carbonyl (C=O) groups excluding carboxylic acids is 1. The van der Waals surface area contributed by atoms with Gasteiger partial charge in [-0.3, -0.25) is 4.79 Å². The van der Waals surface area contributed by atoms with Crippen molar-refractivity contribution >= 4 is 23.2 Å². The van der Waals surface area contributed by atoms with Gasteiger partial charge in [-0.2, -0.15) is 0 Å². The Hall–Kier alpha value is -1.50. The largest absolute Gasteiger partial charge is 0.495 e. The molecule has 2 N–H and O–H groups in total. The summed E-state index contributed by atoms with van der Waals surface area (Å²) >= 11 is 6.09. The van der Waals surface area contributed by atoms with Gasteiger partial charge in [0, 0.05) is 25.1 Å². The molecule has 6 nitrogen and oxygen atoms in total. The van der Waals surface area contributed by atoms with Crippen molar-refractivity contribution < 1.29 is 14.3 Å². The van der Waals surface area contributed by atoms with Crippen LogP contribution < -0.4 is 20.1 Å². The van der Waals surface area contributed by atoms with Gasteiger partial charge in [0.05, 0.1) is 24.9 Å². The van der Waals surface area contributed by atoms with E-state index >= 15 is 0 Å². The normalized spacial score (nSPS) is 15.7. The fourth-order valence-electron chi connectivity index (χ4n) is 3.28. The lowest BCUT2D eigenvalue weighted by Crippen LogP contribution is -2.36. The highest BCUT2D eigenvalue weighted by Gasteiger charge is 2.19. The van der Waals surface area contributed by atoms with Crippen LogP contribution in [0.3, 0.4) is 0 Å². The van der Waals surface area contributed by atoms with E-state index in [0.29, 0.717) is 28.6 Å². The SMILES string of the molecule is CNCCC1CCN(CCC(=O)Nc2cc(OC)c(Cl)cc2OC)CC1. The highest BCUT2D eigenvalue weighted by atomic mass is 35.5. The number of methoxy groups -OCH3 is 2. The summed E-state index contributed by atoms with van der Waals surface area (Å²) in [5.41, 5.74) is 0.574. The van der Waals surface area contributed by atoms with Gasteiger partial charge in [-0.1, -0.05) is 11.6 Å².